The number of aliphatic hydroxyl groups is 1. The molecule has 0 spiro atoms. The lowest BCUT2D eigenvalue weighted by Crippen LogP contribution is -2.30. The number of aryl methyl sites for hydroxylation is 1. The smallest absolute Gasteiger partial charge is 0.254 e. The molecule has 1 N–H and O–H groups in total. The summed E-state index contributed by atoms with van der Waals surface area (Å²) in [7, 11) is 0. The fourth-order valence-corrected chi connectivity index (χ4v) is 2.07. The van der Waals surface area contributed by atoms with Crippen LogP contribution in [0, 0.1) is 18.3 Å². The van der Waals surface area contributed by atoms with Gasteiger partial charge in [0.15, 0.2) is 0 Å². The predicted octanol–water partition coefficient (Wildman–Crippen LogP) is 1.07. The lowest BCUT2D eigenvalue weighted by atomic mass is 10.0. The van der Waals surface area contributed by atoms with Gasteiger partial charge in [0.1, 0.15) is 0 Å². The zero-order chi connectivity index (χ0) is 12.4. The fraction of sp³-hybridized carbons (Fsp3) is 0.385. The van der Waals surface area contributed by atoms with E-state index in [1.807, 2.05) is 13.0 Å². The van der Waals surface area contributed by atoms with Crippen LogP contribution in [0.3, 0.4) is 0 Å². The van der Waals surface area contributed by atoms with E-state index in [1.54, 1.807) is 23.1 Å². The van der Waals surface area contributed by atoms with Crippen molar-refractivity contribution in [1.29, 1.82) is 5.26 Å². The maximum Gasteiger partial charge on any atom is 0.254 e. The molecular formula is C13H14N2O2. The van der Waals surface area contributed by atoms with Crippen LogP contribution in [0.2, 0.25) is 0 Å². The molecule has 1 aromatic carbocycles. The van der Waals surface area contributed by atoms with Crippen molar-refractivity contribution in [3.63, 3.8) is 0 Å². The lowest BCUT2D eigenvalue weighted by molar-refractivity contribution is 0.0764. The molecule has 0 unspecified atom stereocenters. The third-order valence-corrected chi connectivity index (χ3v) is 3.04. The van der Waals surface area contributed by atoms with Crippen LogP contribution in [0.25, 0.3) is 0 Å². The summed E-state index contributed by atoms with van der Waals surface area (Å²) >= 11 is 0. The summed E-state index contributed by atoms with van der Waals surface area (Å²) < 4.78 is 0. The van der Waals surface area contributed by atoms with Crippen LogP contribution in [-0.4, -0.2) is 35.1 Å². The Hall–Kier alpha value is -1.86. The summed E-state index contributed by atoms with van der Waals surface area (Å²) in [4.78, 5) is 13.8. The predicted molar refractivity (Wildman–Crippen MR) is 62.4 cm³/mol. The average Bonchev–Trinajstić information content (AvgIpc) is 2.75. The van der Waals surface area contributed by atoms with Crippen LogP contribution in [0.15, 0.2) is 18.2 Å². The topological polar surface area (TPSA) is 64.3 Å². The number of carbonyl (C=O) groups excluding carboxylic acids is 1. The highest BCUT2D eigenvalue weighted by Gasteiger charge is 2.26. The highest BCUT2D eigenvalue weighted by atomic mass is 16.3. The van der Waals surface area contributed by atoms with Crippen LogP contribution in [-0.2, 0) is 0 Å². The normalized spacial score (nSPS) is 19.1. The van der Waals surface area contributed by atoms with Gasteiger partial charge < -0.3 is 10.0 Å². The molecule has 1 aliphatic rings. The number of hydrogen-bond donors (Lipinski definition) is 1. The molecule has 0 bridgehead atoms. The minimum Gasteiger partial charge on any atom is -0.391 e. The molecule has 1 saturated heterocycles. The number of rotatable bonds is 1. The molecule has 17 heavy (non-hydrogen) atoms. The van der Waals surface area contributed by atoms with E-state index < -0.39 is 6.10 Å². The lowest BCUT2D eigenvalue weighted by Gasteiger charge is -2.16. The molecular weight excluding hydrogens is 216 g/mol. The van der Waals surface area contributed by atoms with E-state index in [2.05, 4.69) is 0 Å². The van der Waals surface area contributed by atoms with E-state index in [4.69, 9.17) is 5.26 Å². The van der Waals surface area contributed by atoms with Gasteiger partial charge in [-0.2, -0.15) is 5.26 Å². The van der Waals surface area contributed by atoms with E-state index in [9.17, 15) is 9.90 Å². The number of amides is 1. The Morgan fingerprint density at radius 3 is 2.88 bits per heavy atom. The number of aliphatic hydroxyl groups excluding tert-OH is 1. The first-order valence-corrected chi connectivity index (χ1v) is 5.60. The van der Waals surface area contributed by atoms with E-state index in [1.165, 1.54) is 0 Å². The van der Waals surface area contributed by atoms with Gasteiger partial charge in [-0.05, 0) is 37.1 Å². The standard InChI is InChI=1S/C13H14N2O2/c1-9-6-10(7-14)2-3-12(9)13(17)15-5-4-11(16)8-15/h2-3,6,11,16H,4-5,8H2,1H3/t11-/m1/s1. The van der Waals surface area contributed by atoms with Crippen molar-refractivity contribution in [3.8, 4) is 6.07 Å². The molecule has 1 aliphatic heterocycles. The van der Waals surface area contributed by atoms with Crippen LogP contribution in [0.1, 0.15) is 27.9 Å². The number of hydrogen-bond acceptors (Lipinski definition) is 3. The third kappa shape index (κ3) is 2.29. The molecule has 1 atom stereocenters. The van der Waals surface area contributed by atoms with Gasteiger partial charge in [-0.3, -0.25) is 4.79 Å². The first-order chi connectivity index (χ1) is 8.11. The van der Waals surface area contributed by atoms with E-state index >= 15 is 0 Å². The Labute approximate surface area is 100 Å². The minimum absolute atomic E-state index is 0.0662. The third-order valence-electron chi connectivity index (χ3n) is 3.04. The Balaban J connectivity index is 2.23. The van der Waals surface area contributed by atoms with E-state index in [0.717, 1.165) is 5.56 Å². The number of likely N-dealkylation sites (tertiary alicyclic amines) is 1. The first-order valence-electron chi connectivity index (χ1n) is 5.60. The monoisotopic (exact) mass is 230 g/mol. The van der Waals surface area contributed by atoms with Crippen molar-refractivity contribution in [2.45, 2.75) is 19.4 Å². The van der Waals surface area contributed by atoms with Crippen LogP contribution >= 0.6 is 0 Å². The summed E-state index contributed by atoms with van der Waals surface area (Å²) in [6, 6.07) is 7.08. The molecule has 4 nitrogen and oxygen atoms in total. The summed E-state index contributed by atoms with van der Waals surface area (Å²) in [5, 5.41) is 18.2. The molecule has 4 heteroatoms. The second-order valence-electron chi connectivity index (χ2n) is 4.34. The summed E-state index contributed by atoms with van der Waals surface area (Å²) in [6.45, 7) is 2.82. The number of benzene rings is 1. The molecule has 88 valence electrons. The van der Waals surface area contributed by atoms with Crippen LogP contribution in [0.5, 0.6) is 0 Å². The van der Waals surface area contributed by atoms with Gasteiger partial charge in [0.2, 0.25) is 0 Å². The molecule has 1 fully saturated rings. The van der Waals surface area contributed by atoms with E-state index in [0.29, 0.717) is 30.6 Å². The van der Waals surface area contributed by atoms with Gasteiger partial charge in [0.05, 0.1) is 17.7 Å². The maximum absolute atomic E-state index is 12.1. The average molecular weight is 230 g/mol. The summed E-state index contributed by atoms with van der Waals surface area (Å²) in [5.74, 6) is -0.0662. The molecule has 0 saturated carbocycles. The van der Waals surface area contributed by atoms with Gasteiger partial charge in [-0.25, -0.2) is 0 Å². The van der Waals surface area contributed by atoms with Gasteiger partial charge >= 0.3 is 0 Å². The van der Waals surface area contributed by atoms with Crippen molar-refractivity contribution in [2.24, 2.45) is 0 Å². The Bertz CT molecular complexity index is 491. The minimum atomic E-state index is -0.405. The van der Waals surface area contributed by atoms with Gasteiger partial charge in [0, 0.05) is 18.7 Å². The van der Waals surface area contributed by atoms with E-state index in [-0.39, 0.29) is 5.91 Å². The van der Waals surface area contributed by atoms with Gasteiger partial charge in [0.25, 0.3) is 5.91 Å². The zero-order valence-corrected chi connectivity index (χ0v) is 9.68. The number of carbonyl (C=O) groups is 1. The zero-order valence-electron chi connectivity index (χ0n) is 9.68. The maximum atomic E-state index is 12.1. The quantitative estimate of drug-likeness (QED) is 0.785. The van der Waals surface area contributed by atoms with Crippen molar-refractivity contribution in [3.05, 3.63) is 34.9 Å². The number of β-amino-alcohol motifs (C(OH)–C–C–N with tert-alkyl or cyclic N) is 1. The molecule has 2 rings (SSSR count). The highest BCUT2D eigenvalue weighted by Crippen LogP contribution is 2.17. The van der Waals surface area contributed by atoms with Crippen molar-refractivity contribution in [1.82, 2.24) is 4.90 Å². The van der Waals surface area contributed by atoms with Gasteiger partial charge in [-0.15, -0.1) is 0 Å². The molecule has 1 aromatic rings. The SMILES string of the molecule is Cc1cc(C#N)ccc1C(=O)N1CC[C@@H](O)C1. The Morgan fingerprint density at radius 2 is 2.35 bits per heavy atom. The second kappa shape index (κ2) is 4.56. The Kier molecular flexibility index (Phi) is 3.12. The molecule has 0 radical (unpaired) electrons. The highest BCUT2D eigenvalue weighted by molar-refractivity contribution is 5.96. The summed E-state index contributed by atoms with van der Waals surface area (Å²) in [5.41, 5.74) is 1.97. The molecule has 0 aromatic heterocycles. The largest absolute Gasteiger partial charge is 0.391 e. The fourth-order valence-electron chi connectivity index (χ4n) is 2.07. The van der Waals surface area contributed by atoms with Crippen molar-refractivity contribution < 1.29 is 9.90 Å². The molecule has 1 amide bonds. The Morgan fingerprint density at radius 1 is 1.59 bits per heavy atom. The second-order valence-corrected chi connectivity index (χ2v) is 4.34. The van der Waals surface area contributed by atoms with Crippen molar-refractivity contribution in [2.75, 3.05) is 13.1 Å². The van der Waals surface area contributed by atoms with Crippen molar-refractivity contribution >= 4 is 5.91 Å². The van der Waals surface area contributed by atoms with Gasteiger partial charge in [-0.1, -0.05) is 0 Å². The number of nitrogens with zero attached hydrogens (tertiary/aromatic N) is 2. The van der Waals surface area contributed by atoms with Crippen LogP contribution < -0.4 is 0 Å². The summed E-state index contributed by atoms with van der Waals surface area (Å²) in [6.07, 6.45) is 0.235. The van der Waals surface area contributed by atoms with Crippen LogP contribution in [0.4, 0.5) is 0 Å². The molecule has 0 aliphatic carbocycles. The first kappa shape index (κ1) is 11.6. The molecule has 1 heterocycles. The number of nitriles is 1.